The molecule has 3 aromatic rings. The van der Waals surface area contributed by atoms with Crippen molar-refractivity contribution in [3.8, 4) is 0 Å². The number of benzene rings is 2. The van der Waals surface area contributed by atoms with Crippen LogP contribution < -0.4 is 4.90 Å². The fourth-order valence-corrected chi connectivity index (χ4v) is 3.48. The standard InChI is InChI=1S/C21H20N2O/c1-16(17-8-4-2-5-9-17)22-14-12-19-21(22)20(24)13-15-23(19)18-10-6-3-7-11-18/h2-12,14,16H,13,15H2,1H3. The zero-order valence-corrected chi connectivity index (χ0v) is 13.7. The van der Waals surface area contributed by atoms with Crippen molar-refractivity contribution < 1.29 is 4.79 Å². The monoisotopic (exact) mass is 316 g/mol. The predicted molar refractivity (Wildman–Crippen MR) is 97.1 cm³/mol. The van der Waals surface area contributed by atoms with Crippen LogP contribution in [0.2, 0.25) is 0 Å². The van der Waals surface area contributed by atoms with Gasteiger partial charge in [0, 0.05) is 24.8 Å². The van der Waals surface area contributed by atoms with Gasteiger partial charge in [-0.3, -0.25) is 4.79 Å². The van der Waals surface area contributed by atoms with Gasteiger partial charge in [-0.1, -0.05) is 48.5 Å². The Morgan fingerprint density at radius 2 is 1.58 bits per heavy atom. The molecule has 0 N–H and O–H groups in total. The van der Waals surface area contributed by atoms with Gasteiger partial charge in [0.2, 0.25) is 0 Å². The Hall–Kier alpha value is -2.81. The van der Waals surface area contributed by atoms with Gasteiger partial charge in [0.25, 0.3) is 0 Å². The molecule has 0 spiro atoms. The fourth-order valence-electron chi connectivity index (χ4n) is 3.48. The minimum Gasteiger partial charge on any atom is -0.339 e. The van der Waals surface area contributed by atoms with E-state index in [1.165, 1.54) is 5.56 Å². The first kappa shape index (κ1) is 14.8. The van der Waals surface area contributed by atoms with E-state index in [1.54, 1.807) is 0 Å². The average Bonchev–Trinajstić information content (AvgIpc) is 3.09. The molecule has 3 heteroatoms. The highest BCUT2D eigenvalue weighted by Gasteiger charge is 2.29. The van der Waals surface area contributed by atoms with Gasteiger partial charge in [0.15, 0.2) is 5.78 Å². The topological polar surface area (TPSA) is 25.2 Å². The second kappa shape index (κ2) is 6.00. The molecule has 1 aromatic heterocycles. The summed E-state index contributed by atoms with van der Waals surface area (Å²) in [4.78, 5) is 14.9. The minimum absolute atomic E-state index is 0.134. The molecule has 0 amide bonds. The third-order valence-electron chi connectivity index (χ3n) is 4.78. The minimum atomic E-state index is 0.134. The smallest absolute Gasteiger partial charge is 0.183 e. The number of nitrogens with zero attached hydrogens (tertiary/aromatic N) is 2. The fraction of sp³-hybridized carbons (Fsp3) is 0.190. The van der Waals surface area contributed by atoms with Gasteiger partial charge in [-0.05, 0) is 30.7 Å². The quantitative estimate of drug-likeness (QED) is 0.692. The average molecular weight is 316 g/mol. The lowest BCUT2D eigenvalue weighted by Gasteiger charge is -2.30. The van der Waals surface area contributed by atoms with E-state index in [0.29, 0.717) is 6.42 Å². The summed E-state index contributed by atoms with van der Waals surface area (Å²) >= 11 is 0. The van der Waals surface area contributed by atoms with E-state index >= 15 is 0 Å². The molecule has 0 aliphatic carbocycles. The van der Waals surface area contributed by atoms with Crippen molar-refractivity contribution >= 4 is 17.2 Å². The molecule has 3 nitrogen and oxygen atoms in total. The van der Waals surface area contributed by atoms with Crippen molar-refractivity contribution in [1.82, 2.24) is 4.57 Å². The number of ketones is 1. The Morgan fingerprint density at radius 3 is 2.29 bits per heavy atom. The third-order valence-corrected chi connectivity index (χ3v) is 4.78. The molecule has 1 atom stereocenters. The molecule has 0 saturated carbocycles. The van der Waals surface area contributed by atoms with Crippen LogP contribution in [0.1, 0.15) is 35.4 Å². The molecular weight excluding hydrogens is 296 g/mol. The molecule has 1 aliphatic heterocycles. The lowest BCUT2D eigenvalue weighted by molar-refractivity contribution is 0.0971. The summed E-state index contributed by atoms with van der Waals surface area (Å²) in [6.07, 6.45) is 2.59. The maximum atomic E-state index is 12.6. The van der Waals surface area contributed by atoms with Crippen LogP contribution in [0.25, 0.3) is 0 Å². The van der Waals surface area contributed by atoms with Gasteiger partial charge >= 0.3 is 0 Å². The molecule has 24 heavy (non-hydrogen) atoms. The number of hydrogen-bond acceptors (Lipinski definition) is 2. The zero-order valence-electron chi connectivity index (χ0n) is 13.7. The number of carbonyl (C=O) groups excluding carboxylic acids is 1. The molecule has 4 rings (SSSR count). The molecule has 0 saturated heterocycles. The summed E-state index contributed by atoms with van der Waals surface area (Å²) in [5.41, 5.74) is 4.18. The van der Waals surface area contributed by atoms with Crippen molar-refractivity contribution in [1.29, 1.82) is 0 Å². The highest BCUT2D eigenvalue weighted by molar-refractivity contribution is 6.03. The highest BCUT2D eigenvalue weighted by Crippen LogP contribution is 2.36. The first-order valence-corrected chi connectivity index (χ1v) is 8.37. The number of aromatic nitrogens is 1. The van der Waals surface area contributed by atoms with Gasteiger partial charge in [-0.25, -0.2) is 0 Å². The van der Waals surface area contributed by atoms with Crippen LogP contribution in [0.15, 0.2) is 72.9 Å². The van der Waals surface area contributed by atoms with Crippen LogP contribution in [0.3, 0.4) is 0 Å². The lowest BCUT2D eigenvalue weighted by atomic mass is 10.0. The number of hydrogen-bond donors (Lipinski definition) is 0. The Morgan fingerprint density at radius 1 is 0.917 bits per heavy atom. The Labute approximate surface area is 142 Å². The molecular formula is C21H20N2O. The van der Waals surface area contributed by atoms with Crippen molar-refractivity contribution in [3.05, 3.63) is 84.2 Å². The number of carbonyl (C=O) groups is 1. The van der Waals surface area contributed by atoms with E-state index < -0.39 is 0 Å². The van der Waals surface area contributed by atoms with Gasteiger partial charge in [-0.15, -0.1) is 0 Å². The SMILES string of the molecule is CC(c1ccccc1)n1ccc2c1C(=O)CCN2c1ccccc1. The maximum Gasteiger partial charge on any atom is 0.183 e. The van der Waals surface area contributed by atoms with E-state index in [-0.39, 0.29) is 11.8 Å². The van der Waals surface area contributed by atoms with E-state index in [2.05, 4.69) is 46.7 Å². The van der Waals surface area contributed by atoms with E-state index in [0.717, 1.165) is 23.6 Å². The van der Waals surface area contributed by atoms with Gasteiger partial charge in [0.05, 0.1) is 11.7 Å². The number of Topliss-reactive ketones (excluding diaryl/α,β-unsaturated/α-hetero) is 1. The van der Waals surface area contributed by atoms with Gasteiger partial charge in [0.1, 0.15) is 5.69 Å². The molecule has 2 aromatic carbocycles. The molecule has 1 aliphatic rings. The van der Waals surface area contributed by atoms with Gasteiger partial charge < -0.3 is 9.47 Å². The molecule has 1 unspecified atom stereocenters. The maximum absolute atomic E-state index is 12.6. The largest absolute Gasteiger partial charge is 0.339 e. The first-order chi connectivity index (χ1) is 11.8. The van der Waals surface area contributed by atoms with Crippen LogP contribution >= 0.6 is 0 Å². The van der Waals surface area contributed by atoms with E-state index in [9.17, 15) is 4.79 Å². The Balaban J connectivity index is 1.78. The summed E-state index contributed by atoms with van der Waals surface area (Å²) < 4.78 is 2.11. The van der Waals surface area contributed by atoms with Crippen LogP contribution in [0.5, 0.6) is 0 Å². The summed E-state index contributed by atoms with van der Waals surface area (Å²) in [5, 5.41) is 0. The van der Waals surface area contributed by atoms with Crippen molar-refractivity contribution in [2.45, 2.75) is 19.4 Å². The van der Waals surface area contributed by atoms with E-state index in [1.807, 2.05) is 42.6 Å². The van der Waals surface area contributed by atoms with Crippen molar-refractivity contribution in [3.63, 3.8) is 0 Å². The van der Waals surface area contributed by atoms with Crippen molar-refractivity contribution in [2.24, 2.45) is 0 Å². The zero-order chi connectivity index (χ0) is 16.5. The highest BCUT2D eigenvalue weighted by atomic mass is 16.1. The number of para-hydroxylation sites is 1. The Kier molecular flexibility index (Phi) is 3.69. The number of fused-ring (bicyclic) bond motifs is 1. The van der Waals surface area contributed by atoms with Gasteiger partial charge in [-0.2, -0.15) is 0 Å². The van der Waals surface area contributed by atoms with Crippen LogP contribution in [-0.4, -0.2) is 16.9 Å². The number of rotatable bonds is 3. The summed E-state index contributed by atoms with van der Waals surface area (Å²) in [6.45, 7) is 2.88. The first-order valence-electron chi connectivity index (χ1n) is 8.37. The van der Waals surface area contributed by atoms with Crippen LogP contribution in [-0.2, 0) is 0 Å². The van der Waals surface area contributed by atoms with Crippen LogP contribution in [0, 0.1) is 0 Å². The van der Waals surface area contributed by atoms with Crippen molar-refractivity contribution in [2.75, 3.05) is 11.4 Å². The second-order valence-corrected chi connectivity index (χ2v) is 6.20. The molecule has 2 heterocycles. The second-order valence-electron chi connectivity index (χ2n) is 6.20. The summed E-state index contributed by atoms with van der Waals surface area (Å²) in [7, 11) is 0. The molecule has 0 bridgehead atoms. The predicted octanol–water partition coefficient (Wildman–Crippen LogP) is 4.82. The third kappa shape index (κ3) is 2.42. The molecule has 0 fully saturated rings. The number of anilines is 2. The van der Waals surface area contributed by atoms with Crippen LogP contribution in [0.4, 0.5) is 11.4 Å². The normalized spacial score (nSPS) is 15.2. The summed E-state index contributed by atoms with van der Waals surface area (Å²) in [5.74, 6) is 0.227. The molecule has 0 radical (unpaired) electrons. The summed E-state index contributed by atoms with van der Waals surface area (Å²) in [6, 6.07) is 22.8. The van der Waals surface area contributed by atoms with E-state index in [4.69, 9.17) is 0 Å². The lowest BCUT2D eigenvalue weighted by Crippen LogP contribution is -2.29. The Bertz CT molecular complexity index is 839. The molecule has 120 valence electrons.